The Morgan fingerprint density at radius 1 is 1.28 bits per heavy atom. The van der Waals surface area contributed by atoms with Gasteiger partial charge in [0, 0.05) is 13.6 Å². The molecule has 18 heavy (non-hydrogen) atoms. The molecule has 1 rings (SSSR count). The molecule has 0 saturated heterocycles. The van der Waals surface area contributed by atoms with E-state index >= 15 is 0 Å². The third-order valence-corrected chi connectivity index (χ3v) is 2.54. The van der Waals surface area contributed by atoms with Gasteiger partial charge in [-0.1, -0.05) is 12.1 Å². The summed E-state index contributed by atoms with van der Waals surface area (Å²) in [7, 11) is 1.71. The number of ether oxygens (including phenoxy) is 1. The van der Waals surface area contributed by atoms with Crippen molar-refractivity contribution in [3.63, 3.8) is 0 Å². The highest BCUT2D eigenvalue weighted by Crippen LogP contribution is 2.12. The summed E-state index contributed by atoms with van der Waals surface area (Å²) >= 11 is 0. The Balaban J connectivity index is 2.49. The molecule has 0 aromatic heterocycles. The second-order valence-corrected chi connectivity index (χ2v) is 3.91. The van der Waals surface area contributed by atoms with Crippen molar-refractivity contribution in [3.05, 3.63) is 29.8 Å². The van der Waals surface area contributed by atoms with Crippen LogP contribution in [0.3, 0.4) is 0 Å². The van der Waals surface area contributed by atoms with Crippen LogP contribution in [0.25, 0.3) is 0 Å². The van der Waals surface area contributed by atoms with Gasteiger partial charge < -0.3 is 14.7 Å². The SMILES string of the molecule is CCN(C)C(=O)COc1ccc(CC(=O)O)cc1. The lowest BCUT2D eigenvalue weighted by Crippen LogP contribution is -2.31. The molecule has 0 fully saturated rings. The number of carboxylic acids is 1. The molecule has 0 saturated carbocycles. The normalized spacial score (nSPS) is 9.89. The van der Waals surface area contributed by atoms with Crippen molar-refractivity contribution in [2.24, 2.45) is 0 Å². The van der Waals surface area contributed by atoms with Gasteiger partial charge in [0.25, 0.3) is 5.91 Å². The molecular weight excluding hydrogens is 234 g/mol. The van der Waals surface area contributed by atoms with Crippen LogP contribution in [0.2, 0.25) is 0 Å². The average Bonchev–Trinajstić information content (AvgIpc) is 2.36. The molecular formula is C13H17NO4. The molecule has 98 valence electrons. The van der Waals surface area contributed by atoms with Gasteiger partial charge in [0.1, 0.15) is 5.75 Å². The quantitative estimate of drug-likeness (QED) is 0.824. The van der Waals surface area contributed by atoms with Crippen LogP contribution in [0.4, 0.5) is 0 Å². The van der Waals surface area contributed by atoms with Crippen LogP contribution in [-0.4, -0.2) is 42.1 Å². The van der Waals surface area contributed by atoms with Crippen molar-refractivity contribution in [2.45, 2.75) is 13.3 Å². The molecule has 0 spiro atoms. The van der Waals surface area contributed by atoms with Gasteiger partial charge in [-0.05, 0) is 24.6 Å². The summed E-state index contributed by atoms with van der Waals surface area (Å²) in [5.41, 5.74) is 0.701. The van der Waals surface area contributed by atoms with E-state index in [4.69, 9.17) is 9.84 Å². The number of carbonyl (C=O) groups excluding carboxylic acids is 1. The van der Waals surface area contributed by atoms with Crippen LogP contribution in [0.15, 0.2) is 24.3 Å². The van der Waals surface area contributed by atoms with Crippen LogP contribution >= 0.6 is 0 Å². The zero-order valence-corrected chi connectivity index (χ0v) is 10.5. The first kappa shape index (κ1) is 14.0. The van der Waals surface area contributed by atoms with Gasteiger partial charge >= 0.3 is 5.97 Å². The fourth-order valence-electron chi connectivity index (χ4n) is 1.31. The maximum absolute atomic E-state index is 11.5. The Hall–Kier alpha value is -2.04. The summed E-state index contributed by atoms with van der Waals surface area (Å²) in [4.78, 5) is 23.5. The molecule has 5 heteroatoms. The topological polar surface area (TPSA) is 66.8 Å². The first-order valence-corrected chi connectivity index (χ1v) is 5.70. The van der Waals surface area contributed by atoms with Crippen molar-refractivity contribution < 1.29 is 19.4 Å². The highest BCUT2D eigenvalue weighted by molar-refractivity contribution is 5.77. The Bertz CT molecular complexity index is 414. The standard InChI is InChI=1S/C13H17NO4/c1-3-14(2)12(15)9-18-11-6-4-10(5-7-11)8-13(16)17/h4-7H,3,8-9H2,1-2H3,(H,16,17). The van der Waals surface area contributed by atoms with Crippen LogP contribution in [0.5, 0.6) is 5.75 Å². The number of carbonyl (C=O) groups is 2. The van der Waals surface area contributed by atoms with E-state index in [1.807, 2.05) is 6.92 Å². The Morgan fingerprint density at radius 3 is 2.39 bits per heavy atom. The predicted octanol–water partition coefficient (Wildman–Crippen LogP) is 1.17. The summed E-state index contributed by atoms with van der Waals surface area (Å²) < 4.78 is 5.31. The van der Waals surface area contributed by atoms with E-state index < -0.39 is 5.97 Å². The third-order valence-electron chi connectivity index (χ3n) is 2.54. The molecule has 0 bridgehead atoms. The molecule has 1 amide bonds. The van der Waals surface area contributed by atoms with Crippen molar-refractivity contribution in [1.29, 1.82) is 0 Å². The highest BCUT2D eigenvalue weighted by atomic mass is 16.5. The Kier molecular flexibility index (Phi) is 5.17. The van der Waals surface area contributed by atoms with Gasteiger partial charge in [-0.25, -0.2) is 0 Å². The molecule has 0 unspecified atom stereocenters. The van der Waals surface area contributed by atoms with Crippen LogP contribution < -0.4 is 4.74 Å². The summed E-state index contributed by atoms with van der Waals surface area (Å²) in [5.74, 6) is -0.405. The van der Waals surface area contributed by atoms with Gasteiger partial charge in [0.2, 0.25) is 0 Å². The maximum atomic E-state index is 11.5. The minimum atomic E-state index is -0.872. The van der Waals surface area contributed by atoms with Crippen molar-refractivity contribution in [3.8, 4) is 5.75 Å². The van der Waals surface area contributed by atoms with Gasteiger partial charge in [-0.2, -0.15) is 0 Å². The second kappa shape index (κ2) is 6.64. The van der Waals surface area contributed by atoms with E-state index in [9.17, 15) is 9.59 Å². The Labute approximate surface area is 106 Å². The van der Waals surface area contributed by atoms with Crippen LogP contribution in [0.1, 0.15) is 12.5 Å². The molecule has 5 nitrogen and oxygen atoms in total. The lowest BCUT2D eigenvalue weighted by atomic mass is 10.1. The minimum absolute atomic E-state index is 0.0113. The van der Waals surface area contributed by atoms with Crippen LogP contribution in [0, 0.1) is 0 Å². The summed E-state index contributed by atoms with van der Waals surface area (Å²) in [6.45, 7) is 2.51. The van der Waals surface area contributed by atoms with E-state index in [1.54, 1.807) is 36.2 Å². The number of hydrogen-bond acceptors (Lipinski definition) is 3. The van der Waals surface area contributed by atoms with E-state index in [-0.39, 0.29) is 18.9 Å². The zero-order valence-electron chi connectivity index (χ0n) is 10.5. The first-order valence-electron chi connectivity index (χ1n) is 5.70. The van der Waals surface area contributed by atoms with Crippen LogP contribution in [-0.2, 0) is 16.0 Å². The molecule has 0 aliphatic rings. The molecule has 0 aliphatic carbocycles. The number of amides is 1. The Morgan fingerprint density at radius 2 is 1.89 bits per heavy atom. The average molecular weight is 251 g/mol. The van der Waals surface area contributed by atoms with Gasteiger partial charge in [0.05, 0.1) is 6.42 Å². The predicted molar refractivity (Wildman–Crippen MR) is 66.6 cm³/mol. The summed E-state index contributed by atoms with van der Waals surface area (Å²) in [6, 6.07) is 6.68. The number of rotatable bonds is 6. The number of aliphatic carboxylic acids is 1. The molecule has 0 radical (unpaired) electrons. The smallest absolute Gasteiger partial charge is 0.307 e. The van der Waals surface area contributed by atoms with Crippen molar-refractivity contribution >= 4 is 11.9 Å². The number of carboxylic acid groups (broad SMARTS) is 1. The van der Waals surface area contributed by atoms with Gasteiger partial charge in [-0.3, -0.25) is 9.59 Å². The van der Waals surface area contributed by atoms with E-state index in [1.165, 1.54) is 0 Å². The van der Waals surface area contributed by atoms with E-state index in [0.29, 0.717) is 17.9 Å². The lowest BCUT2D eigenvalue weighted by molar-refractivity contribution is -0.136. The fraction of sp³-hybridized carbons (Fsp3) is 0.385. The molecule has 0 heterocycles. The number of nitrogens with zero attached hydrogens (tertiary/aromatic N) is 1. The maximum Gasteiger partial charge on any atom is 0.307 e. The molecule has 1 aromatic rings. The monoisotopic (exact) mass is 251 g/mol. The molecule has 0 atom stereocenters. The molecule has 1 N–H and O–H groups in total. The summed E-state index contributed by atoms with van der Waals surface area (Å²) in [6.07, 6.45) is -0.0161. The number of hydrogen-bond donors (Lipinski definition) is 1. The van der Waals surface area contributed by atoms with Crippen molar-refractivity contribution in [2.75, 3.05) is 20.2 Å². The first-order chi connectivity index (χ1) is 8.52. The fourth-order valence-corrected chi connectivity index (χ4v) is 1.31. The largest absolute Gasteiger partial charge is 0.484 e. The molecule has 1 aromatic carbocycles. The number of likely N-dealkylation sites (N-methyl/N-ethyl adjacent to an activating group) is 1. The van der Waals surface area contributed by atoms with E-state index in [2.05, 4.69) is 0 Å². The number of benzene rings is 1. The minimum Gasteiger partial charge on any atom is -0.484 e. The van der Waals surface area contributed by atoms with Gasteiger partial charge in [-0.15, -0.1) is 0 Å². The van der Waals surface area contributed by atoms with Crippen molar-refractivity contribution in [1.82, 2.24) is 4.90 Å². The molecule has 0 aliphatic heterocycles. The zero-order chi connectivity index (χ0) is 13.5. The highest BCUT2D eigenvalue weighted by Gasteiger charge is 2.07. The second-order valence-electron chi connectivity index (χ2n) is 3.91. The van der Waals surface area contributed by atoms with Gasteiger partial charge in [0.15, 0.2) is 6.61 Å². The lowest BCUT2D eigenvalue weighted by Gasteiger charge is -2.14. The summed E-state index contributed by atoms with van der Waals surface area (Å²) in [5, 5.41) is 8.62. The third kappa shape index (κ3) is 4.45. The van der Waals surface area contributed by atoms with E-state index in [0.717, 1.165) is 0 Å².